The largest absolute Gasteiger partial charge is 0.383 e. The average Bonchev–Trinajstić information content (AvgIpc) is 2.64. The third kappa shape index (κ3) is 3.46. The smallest absolute Gasteiger partial charge is 0.197 e. The molecule has 1 N–H and O–H groups in total. The number of anilines is 1. The van der Waals surface area contributed by atoms with Crippen molar-refractivity contribution < 1.29 is 0 Å². The van der Waals surface area contributed by atoms with Gasteiger partial charge in [0, 0.05) is 38.6 Å². The van der Waals surface area contributed by atoms with Crippen LogP contribution in [0.2, 0.25) is 5.02 Å². The third-order valence-corrected chi connectivity index (χ3v) is 6.70. The van der Waals surface area contributed by atoms with Crippen molar-refractivity contribution in [2.75, 3.05) is 31.5 Å². The third-order valence-electron chi connectivity index (χ3n) is 5.17. The molecule has 1 saturated heterocycles. The van der Waals surface area contributed by atoms with Crippen LogP contribution in [0.15, 0.2) is 35.1 Å². The molecule has 1 aromatic heterocycles. The topological polar surface area (TPSA) is 32.3 Å². The van der Waals surface area contributed by atoms with Gasteiger partial charge in [0.2, 0.25) is 0 Å². The van der Waals surface area contributed by atoms with E-state index in [4.69, 9.17) is 11.6 Å². The Balaban J connectivity index is 1.69. The van der Waals surface area contributed by atoms with Crippen molar-refractivity contribution in [1.29, 1.82) is 0 Å². The van der Waals surface area contributed by atoms with E-state index in [9.17, 15) is 4.79 Å². The lowest BCUT2D eigenvalue weighted by Gasteiger charge is -2.26. The molecule has 26 heavy (non-hydrogen) atoms. The van der Waals surface area contributed by atoms with Crippen LogP contribution in [0.3, 0.4) is 0 Å². The highest BCUT2D eigenvalue weighted by Crippen LogP contribution is 2.32. The van der Waals surface area contributed by atoms with Crippen molar-refractivity contribution >= 4 is 48.8 Å². The maximum absolute atomic E-state index is 13.2. The van der Waals surface area contributed by atoms with Crippen molar-refractivity contribution in [2.24, 2.45) is 0 Å². The number of benzene rings is 2. The number of rotatable bonds is 4. The number of halogens is 1. The van der Waals surface area contributed by atoms with Gasteiger partial charge in [-0.3, -0.25) is 4.79 Å². The van der Waals surface area contributed by atoms with E-state index < -0.39 is 0 Å². The number of hydrogen-bond acceptors (Lipinski definition) is 4. The summed E-state index contributed by atoms with van der Waals surface area (Å²) in [6, 6.07) is 9.67. The van der Waals surface area contributed by atoms with E-state index in [-0.39, 0.29) is 5.43 Å². The molecule has 0 atom stereocenters. The summed E-state index contributed by atoms with van der Waals surface area (Å²) in [7, 11) is 0. The lowest BCUT2D eigenvalue weighted by atomic mass is 10.1. The quantitative estimate of drug-likeness (QED) is 0.619. The minimum atomic E-state index is 0.0922. The van der Waals surface area contributed by atoms with E-state index in [1.807, 2.05) is 18.2 Å². The fourth-order valence-corrected chi connectivity index (χ4v) is 5.18. The maximum Gasteiger partial charge on any atom is 0.197 e. The Morgan fingerprint density at radius 1 is 1.15 bits per heavy atom. The van der Waals surface area contributed by atoms with Gasteiger partial charge in [0.05, 0.1) is 5.39 Å². The monoisotopic (exact) mass is 386 g/mol. The summed E-state index contributed by atoms with van der Waals surface area (Å²) in [5, 5.41) is 5.74. The van der Waals surface area contributed by atoms with Gasteiger partial charge < -0.3 is 10.2 Å². The number of piperidine rings is 1. The van der Waals surface area contributed by atoms with Crippen molar-refractivity contribution in [3.8, 4) is 0 Å². The lowest BCUT2D eigenvalue weighted by molar-refractivity contribution is 0.237. The predicted octanol–water partition coefficient (Wildman–Crippen LogP) is 5.27. The summed E-state index contributed by atoms with van der Waals surface area (Å²) in [5.74, 6) is 0. The average molecular weight is 387 g/mol. The van der Waals surface area contributed by atoms with Crippen LogP contribution in [0, 0.1) is 6.92 Å². The molecule has 4 rings (SSSR count). The standard InChI is InChI=1S/C21H23ClN2OS/c1-14-5-8-17(23-9-12-24-10-3-2-4-11-24)19-20(25)16-7-6-15(22)13-18(16)26-21(14)19/h5-8,13,23H,2-4,9-12H2,1H3. The van der Waals surface area contributed by atoms with Gasteiger partial charge >= 0.3 is 0 Å². The Hall–Kier alpha value is -1.62. The second-order valence-electron chi connectivity index (χ2n) is 7.03. The molecule has 1 fully saturated rings. The highest BCUT2D eigenvalue weighted by Gasteiger charge is 2.13. The Bertz CT molecular complexity index is 1010. The Kier molecular flexibility index (Phi) is 5.16. The molecule has 3 nitrogen and oxygen atoms in total. The van der Waals surface area contributed by atoms with Crippen molar-refractivity contribution in [1.82, 2.24) is 4.90 Å². The summed E-state index contributed by atoms with van der Waals surface area (Å²) in [4.78, 5) is 15.7. The summed E-state index contributed by atoms with van der Waals surface area (Å²) < 4.78 is 2.00. The molecule has 2 heterocycles. The SMILES string of the molecule is Cc1ccc(NCCN2CCCCC2)c2c(=O)c3ccc(Cl)cc3sc12. The Labute approximate surface area is 162 Å². The summed E-state index contributed by atoms with van der Waals surface area (Å²) in [5.41, 5.74) is 2.17. The van der Waals surface area contributed by atoms with Crippen LogP contribution in [0.4, 0.5) is 5.69 Å². The van der Waals surface area contributed by atoms with Gasteiger partial charge in [-0.15, -0.1) is 11.3 Å². The van der Waals surface area contributed by atoms with Crippen LogP contribution in [0.1, 0.15) is 24.8 Å². The number of nitrogens with one attached hydrogen (secondary N) is 1. The zero-order valence-electron chi connectivity index (χ0n) is 15.0. The highest BCUT2D eigenvalue weighted by atomic mass is 35.5. The van der Waals surface area contributed by atoms with Crippen molar-refractivity contribution in [3.05, 3.63) is 51.1 Å². The number of likely N-dealkylation sites (tertiary alicyclic amines) is 1. The molecule has 0 radical (unpaired) electrons. The van der Waals surface area contributed by atoms with Crippen LogP contribution in [0.25, 0.3) is 20.2 Å². The van der Waals surface area contributed by atoms with Crippen LogP contribution in [-0.2, 0) is 0 Å². The molecule has 136 valence electrons. The number of fused-ring (bicyclic) bond motifs is 2. The highest BCUT2D eigenvalue weighted by molar-refractivity contribution is 7.24. The molecule has 0 spiro atoms. The van der Waals surface area contributed by atoms with Gasteiger partial charge in [0.1, 0.15) is 0 Å². The van der Waals surface area contributed by atoms with E-state index >= 15 is 0 Å². The Morgan fingerprint density at radius 3 is 2.77 bits per heavy atom. The van der Waals surface area contributed by atoms with Gasteiger partial charge in [-0.2, -0.15) is 0 Å². The molecule has 1 aliphatic heterocycles. The van der Waals surface area contributed by atoms with Crippen LogP contribution >= 0.6 is 22.9 Å². The van der Waals surface area contributed by atoms with E-state index in [0.717, 1.165) is 44.5 Å². The number of nitrogens with zero attached hydrogens (tertiary/aromatic N) is 1. The molecule has 0 amide bonds. The van der Waals surface area contributed by atoms with Gasteiger partial charge in [-0.1, -0.05) is 24.1 Å². The molecule has 1 aliphatic rings. The van der Waals surface area contributed by atoms with Crippen LogP contribution in [-0.4, -0.2) is 31.1 Å². The minimum Gasteiger partial charge on any atom is -0.383 e. The van der Waals surface area contributed by atoms with Gasteiger partial charge in [0.25, 0.3) is 0 Å². The fraction of sp³-hybridized carbons (Fsp3) is 0.381. The molecule has 5 heteroatoms. The lowest BCUT2D eigenvalue weighted by Crippen LogP contribution is -2.33. The summed E-state index contributed by atoms with van der Waals surface area (Å²) in [6.07, 6.45) is 3.95. The first-order valence-electron chi connectivity index (χ1n) is 9.25. The molecular weight excluding hydrogens is 364 g/mol. The summed E-state index contributed by atoms with van der Waals surface area (Å²) in [6.45, 7) is 6.33. The van der Waals surface area contributed by atoms with Gasteiger partial charge in [0.15, 0.2) is 5.43 Å². The van der Waals surface area contributed by atoms with Crippen LogP contribution in [0.5, 0.6) is 0 Å². The zero-order valence-corrected chi connectivity index (χ0v) is 16.6. The van der Waals surface area contributed by atoms with E-state index in [1.165, 1.54) is 32.4 Å². The molecule has 0 saturated carbocycles. The van der Waals surface area contributed by atoms with Crippen LogP contribution < -0.4 is 10.7 Å². The van der Waals surface area contributed by atoms with Crippen molar-refractivity contribution in [3.63, 3.8) is 0 Å². The zero-order chi connectivity index (χ0) is 18.1. The normalized spacial score (nSPS) is 15.6. The number of hydrogen-bond donors (Lipinski definition) is 1. The van der Waals surface area contributed by atoms with E-state index in [2.05, 4.69) is 23.2 Å². The first kappa shape index (κ1) is 17.8. The first-order chi connectivity index (χ1) is 12.6. The van der Waals surface area contributed by atoms with E-state index in [1.54, 1.807) is 17.4 Å². The van der Waals surface area contributed by atoms with E-state index in [0.29, 0.717) is 5.02 Å². The second kappa shape index (κ2) is 7.55. The van der Waals surface area contributed by atoms with Gasteiger partial charge in [-0.25, -0.2) is 0 Å². The van der Waals surface area contributed by atoms with Crippen molar-refractivity contribution in [2.45, 2.75) is 26.2 Å². The van der Waals surface area contributed by atoms with Gasteiger partial charge in [-0.05, 0) is 62.7 Å². The number of aryl methyl sites for hydroxylation is 1. The second-order valence-corrected chi connectivity index (χ2v) is 8.52. The predicted molar refractivity (Wildman–Crippen MR) is 114 cm³/mol. The molecular formula is C21H23ClN2OS. The molecule has 2 aromatic carbocycles. The fourth-order valence-electron chi connectivity index (χ4n) is 3.74. The Morgan fingerprint density at radius 2 is 1.96 bits per heavy atom. The maximum atomic E-state index is 13.2. The molecule has 3 aromatic rings. The minimum absolute atomic E-state index is 0.0922. The summed E-state index contributed by atoms with van der Waals surface area (Å²) >= 11 is 7.77. The molecule has 0 unspecified atom stereocenters. The first-order valence-corrected chi connectivity index (χ1v) is 10.4. The molecule has 0 bridgehead atoms. The molecule has 0 aliphatic carbocycles.